The zero-order chi connectivity index (χ0) is 26.9. The molecule has 0 aliphatic heterocycles. The van der Waals surface area contributed by atoms with Gasteiger partial charge in [-0.2, -0.15) is 13.2 Å². The monoisotopic (exact) mass is 523 g/mol. The Labute approximate surface area is 215 Å². The highest BCUT2D eigenvalue weighted by Crippen LogP contribution is 2.38. The molecule has 0 radical (unpaired) electrons. The fraction of sp³-hybridized carbons (Fsp3) is 0.250. The number of H-pyrrole nitrogens is 1. The smallest absolute Gasteiger partial charge is 0.417 e. The number of anilines is 1. The van der Waals surface area contributed by atoms with Crippen molar-refractivity contribution < 1.29 is 32.6 Å². The molecule has 3 N–H and O–H groups in total. The number of carboxylic acids is 1. The predicted molar refractivity (Wildman–Crippen MR) is 134 cm³/mol. The molecule has 0 saturated heterocycles. The number of aromatic nitrogens is 2. The Morgan fingerprint density at radius 2 is 1.71 bits per heavy atom. The molecule has 0 atom stereocenters. The lowest BCUT2D eigenvalue weighted by molar-refractivity contribution is -0.142. The summed E-state index contributed by atoms with van der Waals surface area (Å²) in [5, 5.41) is 13.0. The van der Waals surface area contributed by atoms with Crippen LogP contribution in [0.3, 0.4) is 0 Å². The van der Waals surface area contributed by atoms with Gasteiger partial charge in [0.25, 0.3) is 0 Å². The van der Waals surface area contributed by atoms with Gasteiger partial charge in [0.05, 0.1) is 22.4 Å². The first-order chi connectivity index (χ1) is 18.2. The van der Waals surface area contributed by atoms with Gasteiger partial charge in [-0.1, -0.05) is 18.2 Å². The number of hydrogen-bond donors (Lipinski definition) is 3. The Morgan fingerprint density at radius 3 is 2.39 bits per heavy atom. The van der Waals surface area contributed by atoms with Crippen LogP contribution in [-0.2, 0) is 11.0 Å². The number of carbonyl (C=O) groups is 2. The summed E-state index contributed by atoms with van der Waals surface area (Å²) in [6.45, 7) is 0. The molecule has 2 heterocycles. The largest absolute Gasteiger partial charge is 0.481 e. The molecular weight excluding hydrogens is 499 g/mol. The molecule has 10 heteroatoms. The highest BCUT2D eigenvalue weighted by atomic mass is 19.4. The zero-order valence-corrected chi connectivity index (χ0v) is 20.1. The molecular formula is C28H24F3N3O4. The van der Waals surface area contributed by atoms with Crippen LogP contribution in [0, 0.1) is 5.92 Å². The molecule has 2 aromatic carbocycles. The van der Waals surface area contributed by atoms with Gasteiger partial charge in [-0.05, 0) is 62.1 Å². The highest BCUT2D eigenvalue weighted by Gasteiger charge is 2.37. The molecule has 0 unspecified atom stereocenters. The van der Waals surface area contributed by atoms with Gasteiger partial charge in [0.2, 0.25) is 0 Å². The Morgan fingerprint density at radius 1 is 0.974 bits per heavy atom. The minimum Gasteiger partial charge on any atom is -0.481 e. The number of ether oxygens (including phenoxy) is 1. The van der Waals surface area contributed by atoms with E-state index >= 15 is 0 Å². The van der Waals surface area contributed by atoms with E-state index in [0.29, 0.717) is 48.2 Å². The molecule has 2 aromatic heterocycles. The van der Waals surface area contributed by atoms with E-state index in [0.717, 1.165) is 12.1 Å². The SMILES string of the molecule is O=C(c1ccc(Oc2ccccc2)cc1C(F)(F)F)c1c[nH]c2nccc(N[C@H]3CC[C@@H](C(=O)O)CC3)c12. The van der Waals surface area contributed by atoms with Crippen LogP contribution in [-0.4, -0.2) is 32.9 Å². The van der Waals surface area contributed by atoms with E-state index in [2.05, 4.69) is 15.3 Å². The maximum atomic E-state index is 14.1. The second kappa shape index (κ2) is 10.2. The van der Waals surface area contributed by atoms with Crippen molar-refractivity contribution in [2.45, 2.75) is 37.9 Å². The van der Waals surface area contributed by atoms with E-state index in [9.17, 15) is 27.9 Å². The average Bonchev–Trinajstić information content (AvgIpc) is 3.34. The van der Waals surface area contributed by atoms with E-state index in [4.69, 9.17) is 4.74 Å². The number of aromatic amines is 1. The zero-order valence-electron chi connectivity index (χ0n) is 20.1. The number of pyridine rings is 1. The number of aliphatic carboxylic acids is 1. The summed E-state index contributed by atoms with van der Waals surface area (Å²) in [4.78, 5) is 31.9. The van der Waals surface area contributed by atoms with Crippen molar-refractivity contribution in [3.63, 3.8) is 0 Å². The van der Waals surface area contributed by atoms with Crippen molar-refractivity contribution in [3.8, 4) is 11.5 Å². The Kier molecular flexibility index (Phi) is 6.79. The Hall–Kier alpha value is -4.34. The van der Waals surface area contributed by atoms with Crippen LogP contribution >= 0.6 is 0 Å². The van der Waals surface area contributed by atoms with Crippen molar-refractivity contribution in [2.75, 3.05) is 5.32 Å². The first-order valence-electron chi connectivity index (χ1n) is 12.1. The summed E-state index contributed by atoms with van der Waals surface area (Å²) < 4.78 is 47.8. The van der Waals surface area contributed by atoms with Crippen molar-refractivity contribution in [1.29, 1.82) is 0 Å². The Bertz CT molecular complexity index is 1480. The van der Waals surface area contributed by atoms with Crippen molar-refractivity contribution >= 4 is 28.5 Å². The van der Waals surface area contributed by atoms with E-state index in [1.807, 2.05) is 0 Å². The van der Waals surface area contributed by atoms with Crippen LogP contribution in [0.2, 0.25) is 0 Å². The van der Waals surface area contributed by atoms with E-state index in [1.165, 1.54) is 18.5 Å². The lowest BCUT2D eigenvalue weighted by Crippen LogP contribution is -2.29. The van der Waals surface area contributed by atoms with E-state index in [1.54, 1.807) is 36.4 Å². The molecule has 5 rings (SSSR count). The third-order valence-electron chi connectivity index (χ3n) is 6.77. The minimum atomic E-state index is -4.80. The van der Waals surface area contributed by atoms with Gasteiger partial charge in [-0.25, -0.2) is 4.98 Å². The van der Waals surface area contributed by atoms with Gasteiger partial charge in [-0.3, -0.25) is 9.59 Å². The summed E-state index contributed by atoms with van der Waals surface area (Å²) in [6.07, 6.45) is 0.385. The minimum absolute atomic E-state index is 0.0331. The normalized spacial score (nSPS) is 17.8. The number of para-hydroxylation sites is 1. The second-order valence-electron chi connectivity index (χ2n) is 9.26. The molecule has 0 amide bonds. The summed E-state index contributed by atoms with van der Waals surface area (Å²) in [5.41, 5.74) is -0.644. The first kappa shape index (κ1) is 25.3. The van der Waals surface area contributed by atoms with Gasteiger partial charge in [0.1, 0.15) is 17.1 Å². The van der Waals surface area contributed by atoms with Gasteiger partial charge in [0, 0.05) is 29.7 Å². The molecule has 1 saturated carbocycles. The van der Waals surface area contributed by atoms with Crippen LogP contribution in [0.15, 0.2) is 67.0 Å². The van der Waals surface area contributed by atoms with Gasteiger partial charge in [-0.15, -0.1) is 0 Å². The Balaban J connectivity index is 1.47. The number of nitrogens with one attached hydrogen (secondary N) is 2. The molecule has 4 aromatic rings. The van der Waals surface area contributed by atoms with Crippen LogP contribution in [0.25, 0.3) is 11.0 Å². The van der Waals surface area contributed by atoms with Gasteiger partial charge >= 0.3 is 12.1 Å². The summed E-state index contributed by atoms with van der Waals surface area (Å²) in [6, 6.07) is 13.3. The summed E-state index contributed by atoms with van der Waals surface area (Å²) >= 11 is 0. The fourth-order valence-electron chi connectivity index (χ4n) is 4.85. The third kappa shape index (κ3) is 5.20. The van der Waals surface area contributed by atoms with Gasteiger partial charge < -0.3 is 20.1 Å². The molecule has 7 nitrogen and oxygen atoms in total. The summed E-state index contributed by atoms with van der Waals surface area (Å²) in [5.74, 6) is -1.67. The number of halogens is 3. The molecule has 0 spiro atoms. The molecule has 38 heavy (non-hydrogen) atoms. The molecule has 1 aliphatic rings. The van der Waals surface area contributed by atoms with Crippen molar-refractivity contribution in [3.05, 3.63) is 83.7 Å². The van der Waals surface area contributed by atoms with E-state index < -0.39 is 29.1 Å². The molecule has 196 valence electrons. The number of carboxylic acid groups (broad SMARTS) is 1. The number of hydrogen-bond acceptors (Lipinski definition) is 5. The maximum Gasteiger partial charge on any atom is 0.417 e. The predicted octanol–water partition coefficient (Wildman–Crippen LogP) is 6.66. The maximum absolute atomic E-state index is 14.1. The number of nitrogens with zero attached hydrogens (tertiary/aromatic N) is 1. The lowest BCUT2D eigenvalue weighted by atomic mass is 9.86. The third-order valence-corrected chi connectivity index (χ3v) is 6.77. The number of rotatable bonds is 7. The quantitative estimate of drug-likeness (QED) is 0.234. The fourth-order valence-corrected chi connectivity index (χ4v) is 4.85. The average molecular weight is 524 g/mol. The number of ketones is 1. The summed E-state index contributed by atoms with van der Waals surface area (Å²) in [7, 11) is 0. The number of benzene rings is 2. The highest BCUT2D eigenvalue weighted by molar-refractivity contribution is 6.19. The number of carbonyl (C=O) groups excluding carboxylic acids is 1. The second-order valence-corrected chi connectivity index (χ2v) is 9.26. The molecule has 0 bridgehead atoms. The topological polar surface area (TPSA) is 104 Å². The van der Waals surface area contributed by atoms with Crippen LogP contribution in [0.5, 0.6) is 11.5 Å². The standard InChI is InChI=1S/C28H24F3N3O4/c29-28(30,31)22-14-19(38-18-4-2-1-3-5-18)10-11-20(22)25(35)21-15-33-26-24(21)23(12-13-32-26)34-17-8-6-16(7-9-17)27(36)37/h1-5,10-17H,6-9H2,(H,36,37)(H2,32,33,34)/t16-,17+. The van der Waals surface area contributed by atoms with Crippen molar-refractivity contribution in [2.24, 2.45) is 5.92 Å². The van der Waals surface area contributed by atoms with Crippen LogP contribution < -0.4 is 10.1 Å². The van der Waals surface area contributed by atoms with Gasteiger partial charge in [0.15, 0.2) is 5.78 Å². The number of fused-ring (bicyclic) bond motifs is 1. The number of alkyl halides is 3. The lowest BCUT2D eigenvalue weighted by Gasteiger charge is -2.28. The van der Waals surface area contributed by atoms with Crippen LogP contribution in [0.1, 0.15) is 47.2 Å². The van der Waals surface area contributed by atoms with E-state index in [-0.39, 0.29) is 23.3 Å². The first-order valence-corrected chi connectivity index (χ1v) is 12.1. The van der Waals surface area contributed by atoms with Crippen LogP contribution in [0.4, 0.5) is 18.9 Å². The van der Waals surface area contributed by atoms with Crippen molar-refractivity contribution in [1.82, 2.24) is 9.97 Å². The molecule has 1 fully saturated rings. The molecule has 1 aliphatic carbocycles.